The average molecular weight is 636 g/mol. The zero-order valence-electron chi connectivity index (χ0n) is 23.8. The molecule has 2 N–H and O–H groups in total. The van der Waals surface area contributed by atoms with Gasteiger partial charge in [0.1, 0.15) is 11.7 Å². The lowest BCUT2D eigenvalue weighted by atomic mass is 10.0. The van der Waals surface area contributed by atoms with Crippen LogP contribution < -0.4 is 15.8 Å². The Bertz CT molecular complexity index is 1750. The van der Waals surface area contributed by atoms with Gasteiger partial charge in [-0.25, -0.2) is 4.79 Å². The standard InChI is InChI=1S/C28H29ClF3N7O5/c1-14-11-20(24(40)33-19-4-3-17(12-18(19)29)28(30,31)32)38-21(14)22(36-7-8-37(27(42)43)15(2)13-36)25(41)39-26(38)34-23(35-39)16-5-9-44-10-6-16/h3-5,12,14-15,20H,6-11,13H2,1-2H3,(H,33,40)(H,42,43)/t14-,15-,20-/m1/s1. The zero-order valence-corrected chi connectivity index (χ0v) is 24.5. The third-order valence-corrected chi connectivity index (χ3v) is 8.67. The van der Waals surface area contributed by atoms with Crippen molar-refractivity contribution in [3.05, 3.63) is 56.7 Å². The molecule has 16 heteroatoms. The first-order valence-electron chi connectivity index (χ1n) is 14.1. The molecule has 5 heterocycles. The van der Waals surface area contributed by atoms with E-state index in [1.165, 1.54) is 9.42 Å². The van der Waals surface area contributed by atoms with Gasteiger partial charge in [0.25, 0.3) is 5.56 Å². The fourth-order valence-electron chi connectivity index (χ4n) is 6.20. The number of carboxylic acid groups (broad SMARTS) is 1. The fourth-order valence-corrected chi connectivity index (χ4v) is 6.43. The first-order valence-corrected chi connectivity index (χ1v) is 14.5. The normalized spacial score (nSPS) is 22.2. The van der Waals surface area contributed by atoms with Crippen molar-refractivity contribution in [3.63, 3.8) is 0 Å². The van der Waals surface area contributed by atoms with E-state index in [-0.39, 0.29) is 48.5 Å². The summed E-state index contributed by atoms with van der Waals surface area (Å²) in [6.07, 6.45) is -3.02. The molecule has 0 spiro atoms. The molecule has 12 nitrogen and oxygen atoms in total. The molecule has 0 saturated carbocycles. The highest BCUT2D eigenvalue weighted by atomic mass is 35.5. The first-order chi connectivity index (χ1) is 20.8. The minimum absolute atomic E-state index is 0.0104. The van der Waals surface area contributed by atoms with Crippen LogP contribution in [0.15, 0.2) is 29.1 Å². The van der Waals surface area contributed by atoms with Crippen molar-refractivity contribution in [3.8, 4) is 0 Å². The van der Waals surface area contributed by atoms with Crippen LogP contribution in [0.5, 0.6) is 0 Å². The number of aromatic nitrogens is 4. The summed E-state index contributed by atoms with van der Waals surface area (Å²) in [5.41, 5.74) is 0.282. The highest BCUT2D eigenvalue weighted by Crippen LogP contribution is 2.42. The van der Waals surface area contributed by atoms with Crippen molar-refractivity contribution in [2.75, 3.05) is 43.1 Å². The van der Waals surface area contributed by atoms with E-state index in [4.69, 9.17) is 21.3 Å². The zero-order chi connectivity index (χ0) is 31.5. The Balaban J connectivity index is 1.45. The third-order valence-electron chi connectivity index (χ3n) is 8.35. The molecule has 1 fully saturated rings. The summed E-state index contributed by atoms with van der Waals surface area (Å²) in [7, 11) is 0. The second kappa shape index (κ2) is 11.1. The summed E-state index contributed by atoms with van der Waals surface area (Å²) in [6, 6.07) is 1.38. The topological polar surface area (TPSA) is 134 Å². The maximum Gasteiger partial charge on any atom is 0.416 e. The molecule has 44 heavy (non-hydrogen) atoms. The van der Waals surface area contributed by atoms with E-state index in [2.05, 4.69) is 10.4 Å². The fraction of sp³-hybridized carbons (Fsp3) is 0.464. The van der Waals surface area contributed by atoms with E-state index in [0.717, 1.165) is 23.8 Å². The summed E-state index contributed by atoms with van der Waals surface area (Å²) in [5.74, 6) is -0.383. The van der Waals surface area contributed by atoms with Crippen molar-refractivity contribution in [2.24, 2.45) is 0 Å². The first kappa shape index (κ1) is 29.9. The van der Waals surface area contributed by atoms with Gasteiger partial charge in [-0.15, -0.1) is 5.10 Å². The maximum absolute atomic E-state index is 14.1. The molecule has 3 atom stereocenters. The van der Waals surface area contributed by atoms with Crippen molar-refractivity contribution in [1.29, 1.82) is 0 Å². The molecule has 0 aliphatic carbocycles. The van der Waals surface area contributed by atoms with E-state index < -0.39 is 41.4 Å². The number of ether oxygens (including phenoxy) is 1. The molecule has 3 aliphatic heterocycles. The van der Waals surface area contributed by atoms with E-state index in [9.17, 15) is 32.7 Å². The number of fused-ring (bicyclic) bond motifs is 3. The van der Waals surface area contributed by atoms with Crippen molar-refractivity contribution in [1.82, 2.24) is 24.1 Å². The Kier molecular flexibility index (Phi) is 7.56. The number of rotatable bonds is 4. The Morgan fingerprint density at radius 2 is 1.98 bits per heavy atom. The van der Waals surface area contributed by atoms with Gasteiger partial charge in [-0.2, -0.15) is 22.7 Å². The van der Waals surface area contributed by atoms with Crippen molar-refractivity contribution < 1.29 is 32.6 Å². The van der Waals surface area contributed by atoms with Crippen LogP contribution in [0.1, 0.15) is 55.7 Å². The number of hydrogen-bond donors (Lipinski definition) is 2. The smallest absolute Gasteiger partial charge is 0.416 e. The number of alkyl halides is 3. The van der Waals surface area contributed by atoms with Crippen LogP contribution in [0, 0.1) is 0 Å². The Morgan fingerprint density at radius 3 is 2.61 bits per heavy atom. The lowest BCUT2D eigenvalue weighted by Crippen LogP contribution is -2.55. The van der Waals surface area contributed by atoms with Crippen LogP contribution >= 0.6 is 11.6 Å². The highest BCUT2D eigenvalue weighted by molar-refractivity contribution is 6.33. The summed E-state index contributed by atoms with van der Waals surface area (Å²) < 4.78 is 47.8. The van der Waals surface area contributed by atoms with Gasteiger partial charge >= 0.3 is 12.3 Å². The Labute approximate surface area is 253 Å². The van der Waals surface area contributed by atoms with Crippen LogP contribution in [-0.2, 0) is 15.7 Å². The van der Waals surface area contributed by atoms with Gasteiger partial charge < -0.3 is 25.0 Å². The second-order valence-electron chi connectivity index (χ2n) is 11.2. The molecule has 1 aromatic carbocycles. The molecule has 0 radical (unpaired) electrons. The van der Waals surface area contributed by atoms with Crippen LogP contribution in [0.3, 0.4) is 0 Å². The summed E-state index contributed by atoms with van der Waals surface area (Å²) in [4.78, 5) is 47.4. The molecular formula is C28H29ClF3N7O5. The van der Waals surface area contributed by atoms with Crippen LogP contribution in [0.4, 0.5) is 29.3 Å². The number of carbonyl (C=O) groups excluding carboxylic acids is 1. The van der Waals surface area contributed by atoms with Crippen LogP contribution in [0.2, 0.25) is 5.02 Å². The predicted octanol–water partition coefficient (Wildman–Crippen LogP) is 4.24. The number of hydrogen-bond acceptors (Lipinski definition) is 7. The number of piperazine rings is 1. The van der Waals surface area contributed by atoms with Gasteiger partial charge in [-0.1, -0.05) is 24.6 Å². The number of nitrogens with zero attached hydrogens (tertiary/aromatic N) is 6. The Hall–Kier alpha value is -4.11. The largest absolute Gasteiger partial charge is 0.465 e. The van der Waals surface area contributed by atoms with Gasteiger partial charge in [-0.05, 0) is 43.5 Å². The quantitative estimate of drug-likeness (QED) is 0.435. The molecule has 6 rings (SSSR count). The average Bonchev–Trinajstić information content (AvgIpc) is 3.56. The van der Waals surface area contributed by atoms with E-state index in [1.807, 2.05) is 17.9 Å². The van der Waals surface area contributed by atoms with Gasteiger partial charge in [0.05, 0.1) is 35.2 Å². The SMILES string of the molecule is C[C@@H]1C[C@H](C(=O)Nc2ccc(C(F)(F)F)cc2Cl)n2c1c(N1CCN(C(=O)O)[C@H](C)C1)c(=O)n1nc(C3=CCOCC3)nc21. The van der Waals surface area contributed by atoms with Gasteiger partial charge in [0, 0.05) is 31.6 Å². The molecule has 2 amide bonds. The monoisotopic (exact) mass is 635 g/mol. The van der Waals surface area contributed by atoms with Crippen LogP contribution in [0.25, 0.3) is 11.4 Å². The molecule has 234 valence electrons. The molecule has 0 bridgehead atoms. The number of carbonyl (C=O) groups is 2. The summed E-state index contributed by atoms with van der Waals surface area (Å²) in [6.45, 7) is 5.13. The van der Waals surface area contributed by atoms with Gasteiger partial charge in [-0.3, -0.25) is 14.2 Å². The maximum atomic E-state index is 14.1. The van der Waals surface area contributed by atoms with Crippen LogP contribution in [-0.4, -0.2) is 80.1 Å². The van der Waals surface area contributed by atoms with Gasteiger partial charge in [0.2, 0.25) is 11.7 Å². The summed E-state index contributed by atoms with van der Waals surface area (Å²) in [5, 5.41) is 16.5. The molecular weight excluding hydrogens is 607 g/mol. The number of benzene rings is 1. The van der Waals surface area contributed by atoms with Crippen molar-refractivity contribution >= 4 is 46.3 Å². The van der Waals surface area contributed by atoms with Gasteiger partial charge in [0.15, 0.2) is 5.82 Å². The molecule has 2 aromatic heterocycles. The second-order valence-corrected chi connectivity index (χ2v) is 11.6. The van der Waals surface area contributed by atoms with E-state index in [1.54, 1.807) is 11.5 Å². The molecule has 3 aromatic rings. The molecule has 1 saturated heterocycles. The minimum atomic E-state index is -4.60. The third kappa shape index (κ3) is 5.17. The number of halogens is 4. The van der Waals surface area contributed by atoms with E-state index in [0.29, 0.717) is 36.8 Å². The highest BCUT2D eigenvalue weighted by Gasteiger charge is 2.41. The lowest BCUT2D eigenvalue weighted by Gasteiger charge is -2.39. The Morgan fingerprint density at radius 1 is 1.20 bits per heavy atom. The molecule has 0 unspecified atom stereocenters. The minimum Gasteiger partial charge on any atom is -0.465 e. The number of anilines is 2. The van der Waals surface area contributed by atoms with E-state index >= 15 is 0 Å². The summed E-state index contributed by atoms with van der Waals surface area (Å²) >= 11 is 6.14. The predicted molar refractivity (Wildman–Crippen MR) is 154 cm³/mol. The molecule has 3 aliphatic rings. The van der Waals surface area contributed by atoms with Crippen molar-refractivity contribution in [2.45, 2.75) is 50.9 Å². The number of nitrogens with one attached hydrogen (secondary N) is 1. The lowest BCUT2D eigenvalue weighted by molar-refractivity contribution is -0.137. The number of amides is 2.